The number of benzene rings is 2. The molecular weight excluding hydrogens is 397 g/mol. The van der Waals surface area contributed by atoms with Crippen LogP contribution in [0.25, 0.3) is 0 Å². The van der Waals surface area contributed by atoms with Gasteiger partial charge in [-0.25, -0.2) is 4.98 Å². The first-order chi connectivity index (χ1) is 13.9. The molecule has 0 aliphatic carbocycles. The standard InChI is InChI=1S/C22H21F3N2OS/c1-3-15-6-5-7-19(12-15)28-20-13-18(4-2)26-21(27-20)29-14-16-8-10-17(11-9-16)22(23,24)25/h5-13H,3-4,14H2,1-2H3. The van der Waals surface area contributed by atoms with E-state index in [0.29, 0.717) is 22.5 Å². The first-order valence-electron chi connectivity index (χ1n) is 9.31. The van der Waals surface area contributed by atoms with Crippen LogP contribution < -0.4 is 4.74 Å². The average molecular weight is 418 g/mol. The fraction of sp³-hybridized carbons (Fsp3) is 0.273. The molecule has 29 heavy (non-hydrogen) atoms. The van der Waals surface area contributed by atoms with Gasteiger partial charge < -0.3 is 4.74 Å². The van der Waals surface area contributed by atoms with Crippen molar-refractivity contribution in [1.29, 1.82) is 0 Å². The molecular formula is C22H21F3N2OS. The topological polar surface area (TPSA) is 35.0 Å². The second-order valence-corrected chi connectivity index (χ2v) is 7.36. The quantitative estimate of drug-likeness (QED) is 0.316. The maximum atomic E-state index is 12.7. The van der Waals surface area contributed by atoms with Gasteiger partial charge in [0.2, 0.25) is 5.88 Å². The van der Waals surface area contributed by atoms with Gasteiger partial charge >= 0.3 is 6.18 Å². The summed E-state index contributed by atoms with van der Waals surface area (Å²) in [4.78, 5) is 8.94. The molecule has 0 N–H and O–H groups in total. The van der Waals surface area contributed by atoms with E-state index in [1.165, 1.54) is 29.5 Å². The van der Waals surface area contributed by atoms with E-state index in [0.717, 1.165) is 36.2 Å². The molecule has 0 bridgehead atoms. The van der Waals surface area contributed by atoms with Crippen molar-refractivity contribution in [2.45, 2.75) is 43.8 Å². The van der Waals surface area contributed by atoms with E-state index in [2.05, 4.69) is 16.9 Å². The fourth-order valence-electron chi connectivity index (χ4n) is 2.63. The van der Waals surface area contributed by atoms with Crippen molar-refractivity contribution in [2.24, 2.45) is 0 Å². The van der Waals surface area contributed by atoms with Gasteiger partial charge in [0.25, 0.3) is 0 Å². The van der Waals surface area contributed by atoms with Crippen LogP contribution in [0, 0.1) is 0 Å². The highest BCUT2D eigenvalue weighted by Gasteiger charge is 2.29. The zero-order chi connectivity index (χ0) is 20.9. The van der Waals surface area contributed by atoms with Crippen molar-refractivity contribution < 1.29 is 17.9 Å². The van der Waals surface area contributed by atoms with E-state index in [4.69, 9.17) is 4.74 Å². The van der Waals surface area contributed by atoms with E-state index in [1.54, 1.807) is 6.07 Å². The summed E-state index contributed by atoms with van der Waals surface area (Å²) in [5, 5.41) is 0.533. The Kier molecular flexibility index (Phi) is 6.79. The molecule has 3 rings (SSSR count). The molecule has 2 aromatic carbocycles. The largest absolute Gasteiger partial charge is 0.439 e. The molecule has 0 spiro atoms. The monoisotopic (exact) mass is 418 g/mol. The minimum absolute atomic E-state index is 0.458. The molecule has 0 amide bonds. The zero-order valence-electron chi connectivity index (χ0n) is 16.2. The summed E-state index contributed by atoms with van der Waals surface area (Å²) >= 11 is 1.37. The molecule has 1 heterocycles. The van der Waals surface area contributed by atoms with Crippen LogP contribution in [0.1, 0.15) is 36.2 Å². The van der Waals surface area contributed by atoms with Gasteiger partial charge in [0.1, 0.15) is 5.75 Å². The molecule has 0 saturated carbocycles. The van der Waals surface area contributed by atoms with Crippen molar-refractivity contribution in [3.8, 4) is 11.6 Å². The molecule has 0 saturated heterocycles. The normalized spacial score (nSPS) is 11.5. The molecule has 0 unspecified atom stereocenters. The zero-order valence-corrected chi connectivity index (χ0v) is 17.0. The van der Waals surface area contributed by atoms with Crippen LogP contribution >= 0.6 is 11.8 Å². The lowest BCUT2D eigenvalue weighted by molar-refractivity contribution is -0.137. The molecule has 0 radical (unpaired) electrons. The molecule has 0 fully saturated rings. The predicted molar refractivity (Wildman–Crippen MR) is 108 cm³/mol. The third-order valence-electron chi connectivity index (χ3n) is 4.28. The second kappa shape index (κ2) is 9.31. The van der Waals surface area contributed by atoms with Gasteiger partial charge in [0.05, 0.1) is 5.56 Å². The van der Waals surface area contributed by atoms with Gasteiger partial charge in [-0.1, -0.05) is 49.9 Å². The Morgan fingerprint density at radius 1 is 0.897 bits per heavy atom. The molecule has 7 heteroatoms. The van der Waals surface area contributed by atoms with E-state index in [-0.39, 0.29) is 0 Å². The maximum Gasteiger partial charge on any atom is 0.416 e. The third kappa shape index (κ3) is 5.97. The third-order valence-corrected chi connectivity index (χ3v) is 5.19. The summed E-state index contributed by atoms with van der Waals surface area (Å²) < 4.78 is 44.0. The number of rotatable bonds is 7. The second-order valence-electron chi connectivity index (χ2n) is 6.42. The molecule has 3 aromatic rings. The van der Waals surface area contributed by atoms with Crippen molar-refractivity contribution in [3.05, 3.63) is 77.0 Å². The van der Waals surface area contributed by atoms with Crippen molar-refractivity contribution in [1.82, 2.24) is 9.97 Å². The van der Waals surface area contributed by atoms with E-state index in [1.807, 2.05) is 31.2 Å². The minimum Gasteiger partial charge on any atom is -0.439 e. The number of halogens is 3. The highest BCUT2D eigenvalue weighted by atomic mass is 32.2. The SMILES string of the molecule is CCc1cccc(Oc2cc(CC)nc(SCc3ccc(C(F)(F)F)cc3)n2)c1. The van der Waals surface area contributed by atoms with Crippen LogP contribution in [0.3, 0.4) is 0 Å². The van der Waals surface area contributed by atoms with Gasteiger partial charge in [-0.05, 0) is 48.2 Å². The summed E-state index contributed by atoms with van der Waals surface area (Å²) in [7, 11) is 0. The lowest BCUT2D eigenvalue weighted by Gasteiger charge is -2.10. The van der Waals surface area contributed by atoms with Gasteiger partial charge in [-0.3, -0.25) is 0 Å². The first-order valence-corrected chi connectivity index (χ1v) is 10.3. The molecule has 3 nitrogen and oxygen atoms in total. The Labute approximate surface area is 172 Å². The Bertz CT molecular complexity index is 959. The lowest BCUT2D eigenvalue weighted by atomic mass is 10.1. The number of aromatic nitrogens is 2. The molecule has 0 aliphatic heterocycles. The number of aryl methyl sites for hydroxylation is 2. The number of thioether (sulfide) groups is 1. The first kappa shape index (κ1) is 21.2. The fourth-order valence-corrected chi connectivity index (χ4v) is 3.46. The number of hydrogen-bond acceptors (Lipinski definition) is 4. The van der Waals surface area contributed by atoms with Crippen LogP contribution in [0.4, 0.5) is 13.2 Å². The van der Waals surface area contributed by atoms with Crippen LogP contribution in [0.15, 0.2) is 59.8 Å². The van der Waals surface area contributed by atoms with Crippen molar-refractivity contribution in [3.63, 3.8) is 0 Å². The molecule has 1 aromatic heterocycles. The van der Waals surface area contributed by atoms with Crippen molar-refractivity contribution in [2.75, 3.05) is 0 Å². The molecule has 152 valence electrons. The Morgan fingerprint density at radius 3 is 2.31 bits per heavy atom. The predicted octanol–water partition coefficient (Wildman–Crippen LogP) is 6.70. The summed E-state index contributed by atoms with van der Waals surface area (Å²) in [6, 6.07) is 14.8. The average Bonchev–Trinajstić information content (AvgIpc) is 2.72. The molecule has 0 aliphatic rings. The minimum atomic E-state index is -4.33. The Hall–Kier alpha value is -2.54. The van der Waals surface area contributed by atoms with E-state index < -0.39 is 11.7 Å². The highest BCUT2D eigenvalue weighted by Crippen LogP contribution is 2.30. The van der Waals surface area contributed by atoms with Gasteiger partial charge in [0.15, 0.2) is 5.16 Å². The summed E-state index contributed by atoms with van der Waals surface area (Å²) in [5.74, 6) is 1.64. The highest BCUT2D eigenvalue weighted by molar-refractivity contribution is 7.98. The summed E-state index contributed by atoms with van der Waals surface area (Å²) in [5.41, 5.74) is 2.13. The summed E-state index contributed by atoms with van der Waals surface area (Å²) in [6.45, 7) is 4.07. The van der Waals surface area contributed by atoms with E-state index in [9.17, 15) is 13.2 Å². The van der Waals surface area contributed by atoms with E-state index >= 15 is 0 Å². The van der Waals surface area contributed by atoms with Crippen LogP contribution in [0.2, 0.25) is 0 Å². The summed E-state index contributed by atoms with van der Waals surface area (Å²) in [6.07, 6.45) is -2.69. The molecule has 0 atom stereocenters. The van der Waals surface area contributed by atoms with Gasteiger partial charge in [-0.15, -0.1) is 0 Å². The lowest BCUT2D eigenvalue weighted by Crippen LogP contribution is -2.04. The van der Waals surface area contributed by atoms with Crippen LogP contribution in [-0.4, -0.2) is 9.97 Å². The Balaban J connectivity index is 1.73. The van der Waals surface area contributed by atoms with Crippen LogP contribution in [-0.2, 0) is 24.8 Å². The number of hydrogen-bond donors (Lipinski definition) is 0. The van der Waals surface area contributed by atoms with Gasteiger partial charge in [-0.2, -0.15) is 18.2 Å². The van der Waals surface area contributed by atoms with Crippen molar-refractivity contribution >= 4 is 11.8 Å². The number of alkyl halides is 3. The smallest absolute Gasteiger partial charge is 0.416 e. The number of nitrogens with zero attached hydrogens (tertiary/aromatic N) is 2. The maximum absolute atomic E-state index is 12.7. The Morgan fingerprint density at radius 2 is 1.66 bits per heavy atom. The number of ether oxygens (including phenoxy) is 1. The van der Waals surface area contributed by atoms with Crippen LogP contribution in [0.5, 0.6) is 11.6 Å². The van der Waals surface area contributed by atoms with Gasteiger partial charge in [0, 0.05) is 17.5 Å².